The van der Waals surface area contributed by atoms with Crippen LogP contribution in [-0.2, 0) is 38.4 Å². The molecule has 25 heteroatoms. The van der Waals surface area contributed by atoms with Crippen LogP contribution in [0.2, 0.25) is 5.15 Å². The molecule has 1 aromatic heterocycles. The quantitative estimate of drug-likeness (QED) is 0.0219. The summed E-state index contributed by atoms with van der Waals surface area (Å²) in [5.74, 6) is -1.57. The van der Waals surface area contributed by atoms with Gasteiger partial charge in [-0.15, -0.1) is 0 Å². The molecule has 24 nitrogen and oxygen atoms in total. The van der Waals surface area contributed by atoms with Gasteiger partial charge in [-0.2, -0.15) is 0 Å². The fourth-order valence-electron chi connectivity index (χ4n) is 8.29. The SMILES string of the molecule is CC(C)(C)OC(=O)N[C@@H](Cc1ccc(CCCCN=C(N)NC(=O)c2nc(Cl)c(N)nc2N)cc1)C(=O)Nc1ccc(CCCN(CCCNC(=O)[C@@H](N)CCCCCC(=N)N)CCCNC(=O)[C@@H](N)CCCCCC(=N)N)cc1. The standard InChI is InChI=1S/C55H89ClN18O6/c1-55(2,3)80-54(79)70-42(35-38-23-21-36(22-24-38)15-10-11-29-68-53(65)73-52(78)45-47(63)72-48(64)46(56)71-45)51(77)69-39-27-25-37(26-28-39)16-12-32-74(33-13-30-66-49(75)40(57)17-6-4-8-19-43(59)60)34-14-31-67-50(76)41(58)18-7-5-9-20-44(61)62/h21-28,40-42H,4-20,29-35,57-58H2,1-3H3,(H3,59,60)(H3,61,62)(H,66,75)(H,67,76)(H,69,77)(H,70,79)(H4,63,64,72)(H3,65,68,73,78)/t40-,41-,42-/m0/s1. The second kappa shape index (κ2) is 36.2. The lowest BCUT2D eigenvalue weighted by atomic mass is 10.0. The second-order valence-electron chi connectivity index (χ2n) is 20.9. The first kappa shape index (κ1) is 67.1. The molecule has 21 N–H and O–H groups in total. The van der Waals surface area contributed by atoms with Gasteiger partial charge in [0.15, 0.2) is 28.4 Å². The molecule has 0 bridgehead atoms. The summed E-state index contributed by atoms with van der Waals surface area (Å²) in [6.45, 7) is 8.75. The van der Waals surface area contributed by atoms with Crippen molar-refractivity contribution in [1.29, 1.82) is 10.8 Å². The Kier molecular flexibility index (Phi) is 30.4. The number of halogens is 1. The number of aliphatic imine (C=N–C) groups is 1. The summed E-state index contributed by atoms with van der Waals surface area (Å²) in [5, 5.41) is 28.6. The fraction of sp³-hybridized carbons (Fsp3) is 0.564. The molecule has 0 aliphatic heterocycles. The number of carbonyl (C=O) groups is 5. The lowest BCUT2D eigenvalue weighted by molar-refractivity contribution is -0.123. The van der Waals surface area contributed by atoms with Crippen molar-refractivity contribution in [2.24, 2.45) is 33.7 Å². The number of aromatic nitrogens is 2. The van der Waals surface area contributed by atoms with E-state index in [9.17, 15) is 24.0 Å². The number of benzene rings is 2. The minimum absolute atomic E-state index is 0.0985. The van der Waals surface area contributed by atoms with Crippen LogP contribution in [-0.4, -0.2) is 125 Å². The highest BCUT2D eigenvalue weighted by atomic mass is 35.5. The van der Waals surface area contributed by atoms with E-state index in [1.54, 1.807) is 20.8 Å². The molecule has 5 amide bonds. The summed E-state index contributed by atoms with van der Waals surface area (Å²) >= 11 is 5.87. The van der Waals surface area contributed by atoms with Gasteiger partial charge in [0, 0.05) is 44.6 Å². The minimum atomic E-state index is -0.954. The van der Waals surface area contributed by atoms with Crippen molar-refractivity contribution in [3.8, 4) is 0 Å². The summed E-state index contributed by atoms with van der Waals surface area (Å²) in [6, 6.07) is 13.2. The molecule has 3 aromatic rings. The van der Waals surface area contributed by atoms with Gasteiger partial charge in [-0.3, -0.25) is 40.3 Å². The van der Waals surface area contributed by atoms with E-state index in [4.69, 9.17) is 67.3 Å². The van der Waals surface area contributed by atoms with Gasteiger partial charge in [0.25, 0.3) is 5.91 Å². The van der Waals surface area contributed by atoms with Crippen molar-refractivity contribution in [1.82, 2.24) is 36.1 Å². The number of ether oxygens (including phenoxy) is 1. The molecule has 0 radical (unpaired) electrons. The molecule has 3 rings (SSSR count). The van der Waals surface area contributed by atoms with Gasteiger partial charge < -0.3 is 71.0 Å². The molecule has 0 unspecified atom stereocenters. The van der Waals surface area contributed by atoms with E-state index in [0.717, 1.165) is 101 Å². The Labute approximate surface area is 476 Å². The average molecular weight is 1130 g/mol. The van der Waals surface area contributed by atoms with Crippen molar-refractivity contribution in [2.45, 2.75) is 160 Å². The molecule has 442 valence electrons. The number of amides is 5. The van der Waals surface area contributed by atoms with Crippen molar-refractivity contribution < 1.29 is 28.7 Å². The minimum Gasteiger partial charge on any atom is -0.444 e. The highest BCUT2D eigenvalue weighted by Gasteiger charge is 2.25. The number of nitrogen functional groups attached to an aromatic ring is 2. The molecular formula is C55H89ClN18O6. The van der Waals surface area contributed by atoms with Crippen molar-refractivity contribution in [3.05, 3.63) is 76.1 Å². The van der Waals surface area contributed by atoms with Crippen molar-refractivity contribution >= 4 is 76.3 Å². The number of alkyl carbamates (subject to hydrolysis) is 1. The maximum absolute atomic E-state index is 13.8. The number of anilines is 3. The molecular weight excluding hydrogens is 1040 g/mol. The molecule has 0 spiro atoms. The van der Waals surface area contributed by atoms with E-state index in [1.807, 2.05) is 48.5 Å². The van der Waals surface area contributed by atoms with E-state index in [-0.39, 0.29) is 58.3 Å². The van der Waals surface area contributed by atoms with Crippen molar-refractivity contribution in [2.75, 3.05) is 56.1 Å². The van der Waals surface area contributed by atoms with Gasteiger partial charge in [0.1, 0.15) is 11.6 Å². The Hall–Kier alpha value is -7.15. The number of amidine groups is 2. The molecule has 0 saturated carbocycles. The Morgan fingerprint density at radius 3 is 1.71 bits per heavy atom. The summed E-state index contributed by atoms with van der Waals surface area (Å²) in [5.41, 5.74) is 42.9. The third-order valence-corrected chi connectivity index (χ3v) is 12.9. The number of hydrogen-bond donors (Lipinski definition) is 14. The van der Waals surface area contributed by atoms with Crippen LogP contribution >= 0.6 is 11.6 Å². The average Bonchev–Trinajstić information content (AvgIpc) is 3.39. The number of hydrogen-bond acceptors (Lipinski definition) is 16. The van der Waals surface area contributed by atoms with Crippen molar-refractivity contribution in [3.63, 3.8) is 0 Å². The number of unbranched alkanes of at least 4 members (excludes halogenated alkanes) is 5. The third kappa shape index (κ3) is 28.6. The summed E-state index contributed by atoms with van der Waals surface area (Å²) in [4.78, 5) is 78.9. The van der Waals surface area contributed by atoms with E-state index in [1.165, 1.54) is 0 Å². The maximum atomic E-state index is 13.8. The van der Waals surface area contributed by atoms with Gasteiger partial charge in [-0.25, -0.2) is 14.8 Å². The number of guanidine groups is 1. The number of nitrogens with zero attached hydrogens (tertiary/aromatic N) is 4. The Morgan fingerprint density at radius 1 is 0.662 bits per heavy atom. The van der Waals surface area contributed by atoms with Crippen LogP contribution in [0.25, 0.3) is 0 Å². The zero-order valence-corrected chi connectivity index (χ0v) is 47.7. The predicted octanol–water partition coefficient (Wildman–Crippen LogP) is 4.11. The zero-order chi connectivity index (χ0) is 59.0. The lowest BCUT2D eigenvalue weighted by Crippen LogP contribution is -2.47. The largest absolute Gasteiger partial charge is 0.444 e. The molecule has 80 heavy (non-hydrogen) atoms. The molecule has 0 fully saturated rings. The molecule has 2 aromatic carbocycles. The molecule has 1 heterocycles. The summed E-state index contributed by atoms with van der Waals surface area (Å²) < 4.78 is 5.52. The van der Waals surface area contributed by atoms with Crippen LogP contribution in [0, 0.1) is 10.8 Å². The maximum Gasteiger partial charge on any atom is 0.408 e. The normalized spacial score (nSPS) is 12.7. The fourth-order valence-corrected chi connectivity index (χ4v) is 8.42. The third-order valence-electron chi connectivity index (χ3n) is 12.6. The first-order valence-electron chi connectivity index (χ1n) is 27.6. The van der Waals surface area contributed by atoms with Gasteiger partial charge in [0.2, 0.25) is 17.7 Å². The molecule has 0 aliphatic rings. The number of nitrogens with one attached hydrogen (secondary N) is 7. The van der Waals surface area contributed by atoms with E-state index >= 15 is 0 Å². The Morgan fingerprint density at radius 2 is 1.18 bits per heavy atom. The van der Waals surface area contributed by atoms with Crippen LogP contribution in [0.5, 0.6) is 0 Å². The Balaban J connectivity index is 1.54. The van der Waals surface area contributed by atoms with Gasteiger partial charge in [-0.1, -0.05) is 73.7 Å². The number of aryl methyl sites for hydroxylation is 2. The van der Waals surface area contributed by atoms with E-state index in [0.29, 0.717) is 70.3 Å². The van der Waals surface area contributed by atoms with Crippen LogP contribution in [0.15, 0.2) is 53.5 Å². The van der Waals surface area contributed by atoms with Gasteiger partial charge in [0.05, 0.1) is 23.8 Å². The van der Waals surface area contributed by atoms with E-state index in [2.05, 4.69) is 46.4 Å². The summed E-state index contributed by atoms with van der Waals surface area (Å²) in [7, 11) is 0. The van der Waals surface area contributed by atoms with Crippen LogP contribution in [0.3, 0.4) is 0 Å². The number of nitrogens with two attached hydrogens (primary N) is 7. The Bertz CT molecular complexity index is 2420. The topological polar surface area (TPSA) is 426 Å². The first-order chi connectivity index (χ1) is 38.0. The second-order valence-corrected chi connectivity index (χ2v) is 21.3. The molecule has 0 saturated heterocycles. The summed E-state index contributed by atoms with van der Waals surface area (Å²) in [6.07, 6.45) is 11.8. The molecule has 3 atom stereocenters. The van der Waals surface area contributed by atoms with Gasteiger partial charge in [-0.05, 0) is 140 Å². The highest BCUT2D eigenvalue weighted by molar-refractivity contribution is 6.31. The van der Waals surface area contributed by atoms with Crippen LogP contribution < -0.4 is 66.7 Å². The first-order valence-corrected chi connectivity index (χ1v) is 28.0. The van der Waals surface area contributed by atoms with Gasteiger partial charge >= 0.3 is 6.09 Å². The molecule has 0 aliphatic carbocycles. The highest BCUT2D eigenvalue weighted by Crippen LogP contribution is 2.19. The lowest BCUT2D eigenvalue weighted by Gasteiger charge is -2.23. The smallest absolute Gasteiger partial charge is 0.408 e. The monoisotopic (exact) mass is 1130 g/mol. The number of carbonyl (C=O) groups excluding carboxylic acids is 5. The predicted molar refractivity (Wildman–Crippen MR) is 317 cm³/mol. The van der Waals surface area contributed by atoms with E-state index < -0.39 is 41.6 Å². The zero-order valence-electron chi connectivity index (χ0n) is 47.0. The van der Waals surface area contributed by atoms with Crippen LogP contribution in [0.4, 0.5) is 22.1 Å². The van der Waals surface area contributed by atoms with Crippen LogP contribution in [0.1, 0.15) is 144 Å². The number of rotatable bonds is 37.